The first kappa shape index (κ1) is 16.7. The van der Waals surface area contributed by atoms with Gasteiger partial charge in [0, 0.05) is 31.6 Å². The van der Waals surface area contributed by atoms with Crippen molar-refractivity contribution in [1.82, 2.24) is 15.1 Å². The Balaban J connectivity index is 1.56. The van der Waals surface area contributed by atoms with Crippen molar-refractivity contribution in [2.75, 3.05) is 33.2 Å². The Labute approximate surface area is 139 Å². The number of likely N-dealkylation sites (N-methyl/N-ethyl adjacent to an activating group) is 1. The number of carbonyl (C=O) groups excluding carboxylic acids is 2. The Kier molecular flexibility index (Phi) is 5.24. The van der Waals surface area contributed by atoms with E-state index in [0.717, 1.165) is 45.3 Å². The number of nitrogens with zero attached hydrogens (tertiary/aromatic N) is 2. The molecule has 5 heteroatoms. The van der Waals surface area contributed by atoms with Gasteiger partial charge < -0.3 is 10.2 Å². The third-order valence-electron chi connectivity index (χ3n) is 6.31. The molecule has 1 aliphatic carbocycles. The van der Waals surface area contributed by atoms with Crippen molar-refractivity contribution in [3.8, 4) is 0 Å². The van der Waals surface area contributed by atoms with E-state index in [4.69, 9.17) is 0 Å². The number of carbonyl (C=O) groups is 2. The lowest BCUT2D eigenvalue weighted by molar-refractivity contribution is -0.139. The van der Waals surface area contributed by atoms with E-state index in [0.29, 0.717) is 12.5 Å². The van der Waals surface area contributed by atoms with Crippen molar-refractivity contribution in [2.24, 2.45) is 5.92 Å². The van der Waals surface area contributed by atoms with Crippen LogP contribution in [0.15, 0.2) is 0 Å². The van der Waals surface area contributed by atoms with Gasteiger partial charge in [-0.3, -0.25) is 14.5 Å². The number of rotatable bonds is 3. The largest absolute Gasteiger partial charge is 0.358 e. The minimum Gasteiger partial charge on any atom is -0.358 e. The summed E-state index contributed by atoms with van der Waals surface area (Å²) in [6, 6.07) is 0. The maximum absolute atomic E-state index is 12.7. The van der Waals surface area contributed by atoms with Crippen molar-refractivity contribution >= 4 is 11.8 Å². The lowest BCUT2D eigenvalue weighted by Gasteiger charge is -2.45. The zero-order chi connectivity index (χ0) is 16.3. The van der Waals surface area contributed by atoms with Gasteiger partial charge in [0.15, 0.2) is 0 Å². The molecular weight excluding hydrogens is 290 g/mol. The van der Waals surface area contributed by atoms with Crippen LogP contribution in [-0.2, 0) is 9.59 Å². The molecule has 2 saturated heterocycles. The van der Waals surface area contributed by atoms with E-state index >= 15 is 0 Å². The number of hydrogen-bond acceptors (Lipinski definition) is 3. The first-order valence-corrected chi connectivity index (χ1v) is 9.39. The molecule has 3 rings (SSSR count). The summed E-state index contributed by atoms with van der Waals surface area (Å²) in [5, 5.41) is 2.74. The zero-order valence-corrected chi connectivity index (χ0v) is 14.5. The molecule has 1 spiro atoms. The van der Waals surface area contributed by atoms with Crippen LogP contribution in [0.1, 0.15) is 57.8 Å². The van der Waals surface area contributed by atoms with Crippen LogP contribution in [0.5, 0.6) is 0 Å². The monoisotopic (exact) mass is 321 g/mol. The lowest BCUT2D eigenvalue weighted by Crippen LogP contribution is -2.55. The molecule has 1 saturated carbocycles. The SMILES string of the molecule is CNC(=O)CN1CCCC12CCN(C(=O)C1CCCCC1)CC2. The molecule has 2 aliphatic heterocycles. The van der Waals surface area contributed by atoms with E-state index in [9.17, 15) is 9.59 Å². The summed E-state index contributed by atoms with van der Waals surface area (Å²) in [4.78, 5) is 28.9. The number of hydrogen-bond donors (Lipinski definition) is 1. The van der Waals surface area contributed by atoms with Crippen LogP contribution in [0.25, 0.3) is 0 Å². The summed E-state index contributed by atoms with van der Waals surface area (Å²) in [6.45, 7) is 3.27. The molecule has 3 aliphatic rings. The highest BCUT2D eigenvalue weighted by Gasteiger charge is 2.44. The van der Waals surface area contributed by atoms with Crippen LogP contribution in [-0.4, -0.2) is 60.4 Å². The van der Waals surface area contributed by atoms with E-state index in [1.54, 1.807) is 7.05 Å². The molecule has 0 aromatic carbocycles. The Hall–Kier alpha value is -1.10. The Bertz CT molecular complexity index is 438. The molecular formula is C18H31N3O2. The van der Waals surface area contributed by atoms with Crippen molar-refractivity contribution in [2.45, 2.75) is 63.3 Å². The van der Waals surface area contributed by atoms with Crippen LogP contribution in [0.2, 0.25) is 0 Å². The van der Waals surface area contributed by atoms with Gasteiger partial charge in [0.25, 0.3) is 0 Å². The van der Waals surface area contributed by atoms with Crippen LogP contribution in [0, 0.1) is 5.92 Å². The molecule has 0 radical (unpaired) electrons. The van der Waals surface area contributed by atoms with E-state index in [1.165, 1.54) is 32.1 Å². The molecule has 2 heterocycles. The van der Waals surface area contributed by atoms with Gasteiger partial charge in [-0.05, 0) is 45.1 Å². The van der Waals surface area contributed by atoms with Crippen molar-refractivity contribution in [1.29, 1.82) is 0 Å². The zero-order valence-electron chi connectivity index (χ0n) is 14.5. The second-order valence-corrected chi connectivity index (χ2v) is 7.58. The number of amides is 2. The van der Waals surface area contributed by atoms with Gasteiger partial charge in [-0.2, -0.15) is 0 Å². The number of piperidine rings is 1. The standard InChI is InChI=1S/C18H31N3O2/c1-19-16(22)14-21-11-5-8-18(21)9-12-20(13-10-18)17(23)15-6-3-2-4-7-15/h15H,2-14H2,1H3,(H,19,22). The van der Waals surface area contributed by atoms with Crippen molar-refractivity contribution in [3.05, 3.63) is 0 Å². The number of likely N-dealkylation sites (tertiary alicyclic amines) is 2. The third-order valence-corrected chi connectivity index (χ3v) is 6.31. The third kappa shape index (κ3) is 3.54. The molecule has 3 fully saturated rings. The van der Waals surface area contributed by atoms with Crippen LogP contribution < -0.4 is 5.32 Å². The topological polar surface area (TPSA) is 52.7 Å². The van der Waals surface area contributed by atoms with E-state index in [-0.39, 0.29) is 17.4 Å². The summed E-state index contributed by atoms with van der Waals surface area (Å²) in [5.41, 5.74) is 0.163. The van der Waals surface area contributed by atoms with Gasteiger partial charge >= 0.3 is 0 Å². The lowest BCUT2D eigenvalue weighted by atomic mass is 9.83. The predicted molar refractivity (Wildman–Crippen MR) is 90.0 cm³/mol. The molecule has 0 bridgehead atoms. The van der Waals surface area contributed by atoms with Crippen LogP contribution >= 0.6 is 0 Å². The van der Waals surface area contributed by atoms with Gasteiger partial charge in [0.05, 0.1) is 6.54 Å². The number of nitrogens with one attached hydrogen (secondary N) is 1. The minimum atomic E-state index is 0.104. The molecule has 2 amide bonds. The van der Waals surface area contributed by atoms with Gasteiger partial charge in [0.1, 0.15) is 0 Å². The highest BCUT2D eigenvalue weighted by Crippen LogP contribution is 2.39. The molecule has 130 valence electrons. The maximum atomic E-state index is 12.7. The molecule has 1 N–H and O–H groups in total. The maximum Gasteiger partial charge on any atom is 0.233 e. The summed E-state index contributed by atoms with van der Waals surface area (Å²) in [5.74, 6) is 0.783. The van der Waals surface area contributed by atoms with Crippen molar-refractivity contribution in [3.63, 3.8) is 0 Å². The molecule has 5 nitrogen and oxygen atoms in total. The van der Waals surface area contributed by atoms with Gasteiger partial charge in [-0.1, -0.05) is 19.3 Å². The minimum absolute atomic E-state index is 0.104. The first-order chi connectivity index (χ1) is 11.1. The second kappa shape index (κ2) is 7.20. The van der Waals surface area contributed by atoms with Crippen LogP contribution in [0.4, 0.5) is 0 Å². The van der Waals surface area contributed by atoms with E-state index < -0.39 is 0 Å². The van der Waals surface area contributed by atoms with Crippen molar-refractivity contribution < 1.29 is 9.59 Å². The summed E-state index contributed by atoms with van der Waals surface area (Å²) >= 11 is 0. The van der Waals surface area contributed by atoms with Gasteiger partial charge in [0.2, 0.25) is 11.8 Å². The molecule has 0 aromatic rings. The van der Waals surface area contributed by atoms with Gasteiger partial charge in [-0.25, -0.2) is 0 Å². The summed E-state index contributed by atoms with van der Waals surface area (Å²) in [7, 11) is 1.70. The van der Waals surface area contributed by atoms with E-state index in [2.05, 4.69) is 15.1 Å². The first-order valence-electron chi connectivity index (χ1n) is 9.39. The Morgan fingerprint density at radius 3 is 2.35 bits per heavy atom. The van der Waals surface area contributed by atoms with Crippen LogP contribution in [0.3, 0.4) is 0 Å². The smallest absolute Gasteiger partial charge is 0.233 e. The quantitative estimate of drug-likeness (QED) is 0.862. The normalized spacial score (nSPS) is 25.7. The fourth-order valence-corrected chi connectivity index (χ4v) is 4.81. The summed E-state index contributed by atoms with van der Waals surface area (Å²) in [6.07, 6.45) is 10.3. The molecule has 23 heavy (non-hydrogen) atoms. The highest BCUT2D eigenvalue weighted by atomic mass is 16.2. The molecule has 0 aromatic heterocycles. The average Bonchev–Trinajstić information content (AvgIpc) is 2.97. The fourth-order valence-electron chi connectivity index (χ4n) is 4.81. The predicted octanol–water partition coefficient (Wildman–Crippen LogP) is 1.77. The Morgan fingerprint density at radius 2 is 1.70 bits per heavy atom. The fraction of sp³-hybridized carbons (Fsp3) is 0.889. The summed E-state index contributed by atoms with van der Waals surface area (Å²) < 4.78 is 0. The second-order valence-electron chi connectivity index (χ2n) is 7.58. The van der Waals surface area contributed by atoms with E-state index in [1.807, 2.05) is 0 Å². The Morgan fingerprint density at radius 1 is 1.00 bits per heavy atom. The highest BCUT2D eigenvalue weighted by molar-refractivity contribution is 5.79. The average molecular weight is 321 g/mol. The molecule has 0 atom stereocenters. The van der Waals surface area contributed by atoms with Gasteiger partial charge in [-0.15, -0.1) is 0 Å². The molecule has 0 unspecified atom stereocenters.